The van der Waals surface area contributed by atoms with Crippen LogP contribution >= 0.6 is 11.8 Å². The van der Waals surface area contributed by atoms with E-state index in [0.29, 0.717) is 11.4 Å². The van der Waals surface area contributed by atoms with Gasteiger partial charge in [-0.3, -0.25) is 15.6 Å². The first-order chi connectivity index (χ1) is 15.3. The Morgan fingerprint density at radius 2 is 1.69 bits per heavy atom. The zero-order chi connectivity index (χ0) is 22.7. The molecule has 0 aromatic heterocycles. The fraction of sp³-hybridized carbons (Fsp3) is 0.192. The third-order valence-corrected chi connectivity index (χ3v) is 6.30. The van der Waals surface area contributed by atoms with Crippen LogP contribution in [0.15, 0.2) is 83.1 Å². The van der Waals surface area contributed by atoms with Gasteiger partial charge >= 0.3 is 0 Å². The summed E-state index contributed by atoms with van der Waals surface area (Å²) in [7, 11) is 0. The lowest BCUT2D eigenvalue weighted by molar-refractivity contribution is -0.123. The molecule has 5 nitrogen and oxygen atoms in total. The number of carbonyl (C=O) groups is 1. The molecular formula is C26H27N3O2S. The van der Waals surface area contributed by atoms with E-state index in [9.17, 15) is 4.79 Å². The van der Waals surface area contributed by atoms with Crippen LogP contribution in [0.4, 0.5) is 11.4 Å². The highest BCUT2D eigenvalue weighted by Crippen LogP contribution is 2.44. The van der Waals surface area contributed by atoms with Crippen LogP contribution in [-0.2, 0) is 10.2 Å². The Balaban J connectivity index is 1.29. The number of hydrazine groups is 1. The Hall–Kier alpha value is -3.38. The molecular weight excluding hydrogens is 418 g/mol. The SMILES string of the molecule is C=C(NNC(=O)COc1ccc(C(C)(C)C)cc1)c1ccc2c(c1)Nc1ccccc1S2. The maximum atomic E-state index is 12.2. The Bertz CT molecular complexity index is 1150. The molecule has 0 saturated carbocycles. The normalized spacial score (nSPS) is 12.1. The molecule has 0 spiro atoms. The fourth-order valence-electron chi connectivity index (χ4n) is 3.28. The monoisotopic (exact) mass is 445 g/mol. The van der Waals surface area contributed by atoms with Crippen molar-refractivity contribution in [1.29, 1.82) is 0 Å². The minimum Gasteiger partial charge on any atom is -0.484 e. The molecule has 32 heavy (non-hydrogen) atoms. The first-order valence-electron chi connectivity index (χ1n) is 10.4. The van der Waals surface area contributed by atoms with Gasteiger partial charge in [-0.2, -0.15) is 0 Å². The molecule has 1 amide bonds. The third-order valence-electron chi connectivity index (χ3n) is 5.15. The maximum absolute atomic E-state index is 12.2. The quantitative estimate of drug-likeness (QED) is 0.324. The van der Waals surface area contributed by atoms with Gasteiger partial charge in [0.2, 0.25) is 0 Å². The minimum absolute atomic E-state index is 0.0778. The van der Waals surface area contributed by atoms with Crippen LogP contribution in [0.3, 0.4) is 0 Å². The van der Waals surface area contributed by atoms with Crippen LogP contribution in [0.5, 0.6) is 5.75 Å². The Labute approximate surface area is 193 Å². The van der Waals surface area contributed by atoms with Gasteiger partial charge in [0, 0.05) is 15.4 Å². The summed E-state index contributed by atoms with van der Waals surface area (Å²) >= 11 is 1.73. The van der Waals surface area contributed by atoms with Gasteiger partial charge in [0.1, 0.15) is 5.75 Å². The van der Waals surface area contributed by atoms with Crippen molar-refractivity contribution in [2.75, 3.05) is 11.9 Å². The number of nitrogens with one attached hydrogen (secondary N) is 3. The Morgan fingerprint density at radius 3 is 2.44 bits per heavy atom. The summed E-state index contributed by atoms with van der Waals surface area (Å²) in [6.07, 6.45) is 0. The van der Waals surface area contributed by atoms with E-state index >= 15 is 0 Å². The smallest absolute Gasteiger partial charge is 0.276 e. The number of hydrogen-bond donors (Lipinski definition) is 3. The molecule has 0 atom stereocenters. The van der Waals surface area contributed by atoms with Crippen molar-refractivity contribution in [3.8, 4) is 5.75 Å². The lowest BCUT2D eigenvalue weighted by Crippen LogP contribution is -2.39. The van der Waals surface area contributed by atoms with E-state index in [1.807, 2.05) is 48.5 Å². The van der Waals surface area contributed by atoms with E-state index in [2.05, 4.69) is 61.7 Å². The van der Waals surface area contributed by atoms with Crippen molar-refractivity contribution in [2.45, 2.75) is 36.0 Å². The van der Waals surface area contributed by atoms with Gasteiger partial charge in [0.05, 0.1) is 17.1 Å². The second-order valence-corrected chi connectivity index (χ2v) is 9.73. The fourth-order valence-corrected chi connectivity index (χ4v) is 4.25. The van der Waals surface area contributed by atoms with Crippen molar-refractivity contribution in [1.82, 2.24) is 10.9 Å². The number of para-hydroxylation sites is 1. The number of rotatable bonds is 6. The van der Waals surface area contributed by atoms with Gasteiger partial charge in [-0.05, 0) is 47.4 Å². The topological polar surface area (TPSA) is 62.4 Å². The number of carbonyl (C=O) groups excluding carboxylic acids is 1. The minimum atomic E-state index is -0.286. The zero-order valence-corrected chi connectivity index (χ0v) is 19.3. The lowest BCUT2D eigenvalue weighted by Gasteiger charge is -2.22. The van der Waals surface area contributed by atoms with Crippen molar-refractivity contribution < 1.29 is 9.53 Å². The molecule has 0 radical (unpaired) electrons. The summed E-state index contributed by atoms with van der Waals surface area (Å²) in [5.74, 6) is 0.372. The van der Waals surface area contributed by atoms with Gasteiger partial charge in [0.25, 0.3) is 5.91 Å². The lowest BCUT2D eigenvalue weighted by atomic mass is 9.87. The molecule has 6 heteroatoms. The van der Waals surface area contributed by atoms with Crippen molar-refractivity contribution in [2.24, 2.45) is 0 Å². The van der Waals surface area contributed by atoms with E-state index < -0.39 is 0 Å². The van der Waals surface area contributed by atoms with Crippen LogP contribution in [0.1, 0.15) is 31.9 Å². The van der Waals surface area contributed by atoms with Crippen LogP contribution in [-0.4, -0.2) is 12.5 Å². The highest BCUT2D eigenvalue weighted by atomic mass is 32.2. The van der Waals surface area contributed by atoms with E-state index in [-0.39, 0.29) is 17.9 Å². The summed E-state index contributed by atoms with van der Waals surface area (Å²) in [6, 6.07) is 22.1. The zero-order valence-electron chi connectivity index (χ0n) is 18.5. The second kappa shape index (κ2) is 9.01. The average Bonchev–Trinajstić information content (AvgIpc) is 2.79. The van der Waals surface area contributed by atoms with E-state index in [0.717, 1.165) is 21.8 Å². The summed E-state index contributed by atoms with van der Waals surface area (Å²) in [5, 5.41) is 3.46. The summed E-state index contributed by atoms with van der Waals surface area (Å²) in [6.45, 7) is 10.4. The van der Waals surface area contributed by atoms with Crippen molar-refractivity contribution in [3.05, 3.63) is 84.4 Å². The van der Waals surface area contributed by atoms with Gasteiger partial charge < -0.3 is 10.1 Å². The van der Waals surface area contributed by atoms with E-state index in [4.69, 9.17) is 4.74 Å². The second-order valence-electron chi connectivity index (χ2n) is 8.65. The van der Waals surface area contributed by atoms with E-state index in [1.165, 1.54) is 10.5 Å². The molecule has 1 aliphatic heterocycles. The molecule has 0 fully saturated rings. The van der Waals surface area contributed by atoms with Crippen LogP contribution < -0.4 is 20.9 Å². The molecule has 3 N–H and O–H groups in total. The van der Waals surface area contributed by atoms with Crippen molar-refractivity contribution in [3.63, 3.8) is 0 Å². The Kier molecular flexibility index (Phi) is 6.15. The van der Waals surface area contributed by atoms with Crippen LogP contribution in [0, 0.1) is 0 Å². The largest absolute Gasteiger partial charge is 0.484 e. The summed E-state index contributed by atoms with van der Waals surface area (Å²) in [5.41, 5.74) is 10.4. The number of fused-ring (bicyclic) bond motifs is 2. The standard InChI is InChI=1S/C26H27N3O2S/c1-17(18-9-14-24-22(15-18)27-21-7-5-6-8-23(21)32-24)28-29-25(30)16-31-20-12-10-19(11-13-20)26(2,3)4/h5-15,27-28H,1,16H2,2-4H3,(H,29,30). The number of benzene rings is 3. The maximum Gasteiger partial charge on any atom is 0.276 e. The van der Waals surface area contributed by atoms with E-state index in [1.54, 1.807) is 11.8 Å². The molecule has 0 bridgehead atoms. The van der Waals surface area contributed by atoms with Gasteiger partial charge in [-0.1, -0.05) is 69.4 Å². The summed E-state index contributed by atoms with van der Waals surface area (Å²) in [4.78, 5) is 14.5. The molecule has 3 aromatic carbocycles. The number of amides is 1. The predicted octanol–water partition coefficient (Wildman–Crippen LogP) is 5.86. The number of ether oxygens (including phenoxy) is 1. The predicted molar refractivity (Wildman–Crippen MR) is 131 cm³/mol. The Morgan fingerprint density at radius 1 is 0.969 bits per heavy atom. The molecule has 0 saturated heterocycles. The first-order valence-corrected chi connectivity index (χ1v) is 11.3. The highest BCUT2D eigenvalue weighted by molar-refractivity contribution is 7.99. The molecule has 164 valence electrons. The summed E-state index contributed by atoms with van der Waals surface area (Å²) < 4.78 is 5.59. The van der Waals surface area contributed by atoms with Gasteiger partial charge in [-0.25, -0.2) is 0 Å². The average molecular weight is 446 g/mol. The van der Waals surface area contributed by atoms with Crippen LogP contribution in [0.25, 0.3) is 5.70 Å². The first kappa shape index (κ1) is 21.8. The molecule has 1 aliphatic rings. The molecule has 0 unspecified atom stereocenters. The van der Waals surface area contributed by atoms with Gasteiger partial charge in [-0.15, -0.1) is 0 Å². The highest BCUT2D eigenvalue weighted by Gasteiger charge is 2.16. The number of hydrogen-bond acceptors (Lipinski definition) is 5. The number of anilines is 2. The molecule has 3 aromatic rings. The molecule has 1 heterocycles. The van der Waals surface area contributed by atoms with Gasteiger partial charge in [0.15, 0.2) is 6.61 Å². The molecule has 4 rings (SSSR count). The third kappa shape index (κ3) is 5.08. The molecule has 0 aliphatic carbocycles. The van der Waals surface area contributed by atoms with Crippen molar-refractivity contribution >= 4 is 34.7 Å². The van der Waals surface area contributed by atoms with Crippen LogP contribution in [0.2, 0.25) is 0 Å².